The van der Waals surface area contributed by atoms with Crippen molar-refractivity contribution in [1.82, 2.24) is 0 Å². The zero-order valence-corrected chi connectivity index (χ0v) is 11.2. The topological polar surface area (TPSA) is 32.3 Å². The van der Waals surface area contributed by atoms with Gasteiger partial charge in [0.05, 0.1) is 11.3 Å². The zero-order chi connectivity index (χ0) is 15.6. The van der Waals surface area contributed by atoms with E-state index in [9.17, 15) is 22.7 Å². The minimum atomic E-state index is -4.55. The van der Waals surface area contributed by atoms with Crippen LogP contribution >= 0.6 is 12.2 Å². The van der Waals surface area contributed by atoms with E-state index in [-0.39, 0.29) is 16.2 Å². The van der Waals surface area contributed by atoms with Gasteiger partial charge in [0.1, 0.15) is 16.6 Å². The Labute approximate surface area is 123 Å². The molecular formula is C14H9F4NOS. The van der Waals surface area contributed by atoms with E-state index in [1.54, 1.807) is 6.07 Å². The number of halogens is 4. The summed E-state index contributed by atoms with van der Waals surface area (Å²) < 4.78 is 51.4. The Balaban J connectivity index is 2.31. The molecule has 2 aromatic rings. The van der Waals surface area contributed by atoms with Gasteiger partial charge in [-0.2, -0.15) is 13.2 Å². The first-order chi connectivity index (χ1) is 9.79. The fourth-order valence-corrected chi connectivity index (χ4v) is 1.92. The molecule has 2 rings (SSSR count). The number of rotatable bonds is 2. The van der Waals surface area contributed by atoms with Crippen LogP contribution in [0.2, 0.25) is 0 Å². The molecule has 0 unspecified atom stereocenters. The van der Waals surface area contributed by atoms with Crippen molar-refractivity contribution in [2.45, 2.75) is 6.18 Å². The summed E-state index contributed by atoms with van der Waals surface area (Å²) in [5.74, 6) is -1.02. The number of nitrogens with one attached hydrogen (secondary N) is 1. The van der Waals surface area contributed by atoms with Crippen LogP contribution in [-0.4, -0.2) is 10.1 Å². The number of phenolic OH excluding ortho intramolecular Hbond substituents is 1. The fraction of sp³-hybridized carbons (Fsp3) is 0.0714. The monoisotopic (exact) mass is 315 g/mol. The van der Waals surface area contributed by atoms with Crippen LogP contribution < -0.4 is 5.32 Å². The molecule has 0 aliphatic carbocycles. The second-order valence-corrected chi connectivity index (χ2v) is 4.57. The summed E-state index contributed by atoms with van der Waals surface area (Å²) >= 11 is 4.94. The normalized spacial score (nSPS) is 11.2. The number of hydrogen-bond donors (Lipinski definition) is 2. The molecule has 2 N–H and O–H groups in total. The van der Waals surface area contributed by atoms with Gasteiger partial charge in [0, 0.05) is 5.56 Å². The highest BCUT2D eigenvalue weighted by atomic mass is 32.1. The SMILES string of the molecule is Oc1ccc(C(F)(F)F)cc1NC(=S)c1ccccc1F. The van der Waals surface area contributed by atoms with Crippen LogP contribution in [-0.2, 0) is 6.18 Å². The highest BCUT2D eigenvalue weighted by Crippen LogP contribution is 2.34. The molecule has 2 aromatic carbocycles. The molecule has 2 nitrogen and oxygen atoms in total. The molecule has 0 atom stereocenters. The van der Waals surface area contributed by atoms with E-state index in [1.807, 2.05) is 0 Å². The molecule has 0 aliphatic heterocycles. The van der Waals surface area contributed by atoms with Gasteiger partial charge in [-0.05, 0) is 30.3 Å². The predicted molar refractivity (Wildman–Crippen MR) is 74.8 cm³/mol. The van der Waals surface area contributed by atoms with E-state index in [0.29, 0.717) is 6.07 Å². The lowest BCUT2D eigenvalue weighted by atomic mass is 10.1. The minimum absolute atomic E-state index is 0.0318. The van der Waals surface area contributed by atoms with Crippen molar-refractivity contribution in [2.75, 3.05) is 5.32 Å². The quantitative estimate of drug-likeness (QED) is 0.491. The molecule has 0 bridgehead atoms. The Morgan fingerprint density at radius 1 is 1.10 bits per heavy atom. The molecule has 0 heterocycles. The van der Waals surface area contributed by atoms with Crippen LogP contribution in [0.4, 0.5) is 23.2 Å². The van der Waals surface area contributed by atoms with Crippen LogP contribution in [0.3, 0.4) is 0 Å². The molecule has 0 amide bonds. The highest BCUT2D eigenvalue weighted by Gasteiger charge is 2.31. The number of thiocarbonyl (C=S) groups is 1. The van der Waals surface area contributed by atoms with Crippen molar-refractivity contribution in [3.05, 3.63) is 59.4 Å². The largest absolute Gasteiger partial charge is 0.506 e. The number of alkyl halides is 3. The summed E-state index contributed by atoms with van der Waals surface area (Å²) in [6.45, 7) is 0. The molecule has 7 heteroatoms. The van der Waals surface area contributed by atoms with Crippen molar-refractivity contribution < 1.29 is 22.7 Å². The molecule has 0 saturated heterocycles. The van der Waals surface area contributed by atoms with Gasteiger partial charge in [0.2, 0.25) is 0 Å². The van der Waals surface area contributed by atoms with Crippen LogP contribution in [0, 0.1) is 5.82 Å². The second-order valence-electron chi connectivity index (χ2n) is 4.16. The van der Waals surface area contributed by atoms with Gasteiger partial charge >= 0.3 is 6.18 Å². The third-order valence-electron chi connectivity index (χ3n) is 2.69. The lowest BCUT2D eigenvalue weighted by Gasteiger charge is -2.13. The van der Waals surface area contributed by atoms with Gasteiger partial charge in [0.25, 0.3) is 0 Å². The van der Waals surface area contributed by atoms with Crippen molar-refractivity contribution in [3.8, 4) is 5.75 Å². The molecule has 0 fully saturated rings. The Morgan fingerprint density at radius 2 is 1.76 bits per heavy atom. The summed E-state index contributed by atoms with van der Waals surface area (Å²) in [7, 11) is 0. The van der Waals surface area contributed by atoms with Gasteiger partial charge in [-0.1, -0.05) is 24.4 Å². The van der Waals surface area contributed by atoms with Gasteiger partial charge in [-0.25, -0.2) is 4.39 Å². The number of phenols is 1. The third kappa shape index (κ3) is 3.49. The molecule has 21 heavy (non-hydrogen) atoms. The van der Waals surface area contributed by atoms with Crippen molar-refractivity contribution in [3.63, 3.8) is 0 Å². The van der Waals surface area contributed by atoms with Crippen molar-refractivity contribution >= 4 is 22.9 Å². The lowest BCUT2D eigenvalue weighted by Crippen LogP contribution is -2.13. The Bertz CT molecular complexity index is 685. The predicted octanol–water partition coefficient (Wildman–Crippen LogP) is 4.34. The van der Waals surface area contributed by atoms with Crippen LogP contribution in [0.25, 0.3) is 0 Å². The number of aromatic hydroxyl groups is 1. The highest BCUT2D eigenvalue weighted by molar-refractivity contribution is 7.81. The minimum Gasteiger partial charge on any atom is -0.506 e. The van der Waals surface area contributed by atoms with E-state index in [2.05, 4.69) is 5.32 Å². The van der Waals surface area contributed by atoms with E-state index in [1.165, 1.54) is 18.2 Å². The number of benzene rings is 2. The summed E-state index contributed by atoms with van der Waals surface area (Å²) in [5.41, 5.74) is -1.15. The first kappa shape index (κ1) is 15.2. The Hall–Kier alpha value is -2.15. The molecule has 0 aliphatic rings. The van der Waals surface area contributed by atoms with Gasteiger partial charge in [-0.3, -0.25) is 0 Å². The summed E-state index contributed by atoms with van der Waals surface area (Å²) in [6, 6.07) is 7.91. The first-order valence-corrected chi connectivity index (χ1v) is 6.16. The van der Waals surface area contributed by atoms with E-state index < -0.39 is 23.3 Å². The lowest BCUT2D eigenvalue weighted by molar-refractivity contribution is -0.137. The zero-order valence-electron chi connectivity index (χ0n) is 10.4. The average Bonchev–Trinajstić information content (AvgIpc) is 2.40. The molecule has 0 aromatic heterocycles. The molecular weight excluding hydrogens is 306 g/mol. The van der Waals surface area contributed by atoms with Crippen LogP contribution in [0.5, 0.6) is 5.75 Å². The maximum absolute atomic E-state index is 13.5. The third-order valence-corrected chi connectivity index (χ3v) is 3.01. The first-order valence-electron chi connectivity index (χ1n) is 5.75. The summed E-state index contributed by atoms with van der Waals surface area (Å²) in [6.07, 6.45) is -4.55. The summed E-state index contributed by atoms with van der Waals surface area (Å²) in [4.78, 5) is -0.122. The Morgan fingerprint density at radius 3 is 2.38 bits per heavy atom. The van der Waals surface area contributed by atoms with E-state index in [0.717, 1.165) is 12.1 Å². The smallest absolute Gasteiger partial charge is 0.416 e. The number of anilines is 1. The standard InChI is InChI=1S/C14H9F4NOS/c15-10-4-2-1-3-9(10)13(21)19-11-7-8(14(16,17)18)5-6-12(11)20/h1-7,20H,(H,19,21). The Kier molecular flexibility index (Phi) is 4.13. The van der Waals surface area contributed by atoms with Crippen molar-refractivity contribution in [2.24, 2.45) is 0 Å². The maximum Gasteiger partial charge on any atom is 0.416 e. The van der Waals surface area contributed by atoms with Crippen LogP contribution in [0.15, 0.2) is 42.5 Å². The second kappa shape index (κ2) is 5.69. The van der Waals surface area contributed by atoms with Crippen LogP contribution in [0.1, 0.15) is 11.1 Å². The molecule has 0 radical (unpaired) electrons. The van der Waals surface area contributed by atoms with E-state index >= 15 is 0 Å². The molecule has 0 spiro atoms. The number of hydrogen-bond acceptors (Lipinski definition) is 2. The van der Waals surface area contributed by atoms with Crippen molar-refractivity contribution in [1.29, 1.82) is 0 Å². The van der Waals surface area contributed by atoms with Gasteiger partial charge in [-0.15, -0.1) is 0 Å². The summed E-state index contributed by atoms with van der Waals surface area (Å²) in [5, 5.41) is 12.0. The average molecular weight is 315 g/mol. The fourth-order valence-electron chi connectivity index (χ4n) is 1.65. The van der Waals surface area contributed by atoms with Gasteiger partial charge in [0.15, 0.2) is 0 Å². The molecule has 110 valence electrons. The van der Waals surface area contributed by atoms with Gasteiger partial charge < -0.3 is 10.4 Å². The van der Waals surface area contributed by atoms with E-state index in [4.69, 9.17) is 12.2 Å². The maximum atomic E-state index is 13.5. The molecule has 0 saturated carbocycles.